The highest BCUT2D eigenvalue weighted by Crippen LogP contribution is 2.18. The molecule has 4 nitrogen and oxygen atoms in total. The number of hydrogen-bond acceptors (Lipinski definition) is 4. The number of carbonyl (C=O) groups excluding carboxylic acids is 1. The number of benzene rings is 1. The van der Waals surface area contributed by atoms with Crippen molar-refractivity contribution in [3.8, 4) is 5.75 Å². The van der Waals surface area contributed by atoms with E-state index < -0.39 is 5.60 Å². The van der Waals surface area contributed by atoms with Gasteiger partial charge in [0.25, 0.3) is 0 Å². The second-order valence-electron chi connectivity index (χ2n) is 6.14. The Balaban J connectivity index is 2.64. The van der Waals surface area contributed by atoms with Crippen LogP contribution in [0.25, 0.3) is 0 Å². The highest BCUT2D eigenvalue weighted by atomic mass is 19.1. The molecule has 5 heteroatoms. The lowest BCUT2D eigenvalue weighted by molar-refractivity contribution is 0.00695. The Morgan fingerprint density at radius 3 is 2.36 bits per heavy atom. The number of ether oxygens (including phenoxy) is 2. The lowest BCUT2D eigenvalue weighted by atomic mass is 10.0. The smallest absolute Gasteiger partial charge is 0.338 e. The van der Waals surface area contributed by atoms with E-state index in [0.717, 1.165) is 0 Å². The highest BCUT2D eigenvalue weighted by molar-refractivity contribution is 5.89. The van der Waals surface area contributed by atoms with Crippen LogP contribution in [-0.2, 0) is 4.74 Å². The van der Waals surface area contributed by atoms with Crippen molar-refractivity contribution in [2.24, 2.45) is 11.7 Å². The first-order valence-corrected chi connectivity index (χ1v) is 7.22. The van der Waals surface area contributed by atoms with Crippen molar-refractivity contribution in [3.05, 3.63) is 41.7 Å². The molecule has 0 aliphatic rings. The van der Waals surface area contributed by atoms with Gasteiger partial charge in [0.05, 0.1) is 11.9 Å². The van der Waals surface area contributed by atoms with E-state index in [2.05, 4.69) is 0 Å². The quantitative estimate of drug-likeness (QED) is 0.817. The van der Waals surface area contributed by atoms with Crippen LogP contribution in [0.4, 0.5) is 4.39 Å². The molecule has 0 radical (unpaired) electrons. The Morgan fingerprint density at radius 2 is 1.91 bits per heavy atom. The number of halogens is 1. The number of nitrogens with two attached hydrogens (primary N) is 1. The maximum Gasteiger partial charge on any atom is 0.338 e. The summed E-state index contributed by atoms with van der Waals surface area (Å²) in [6.45, 7) is 7.75. The van der Waals surface area contributed by atoms with Crippen LogP contribution in [0, 0.1) is 5.92 Å². The van der Waals surface area contributed by atoms with E-state index in [1.165, 1.54) is 0 Å². The summed E-state index contributed by atoms with van der Waals surface area (Å²) in [5, 5.41) is 0. The molecule has 0 aliphatic carbocycles. The second-order valence-corrected chi connectivity index (χ2v) is 6.14. The molecule has 0 aliphatic heterocycles. The highest BCUT2D eigenvalue weighted by Gasteiger charge is 2.17. The average Bonchev–Trinajstić information content (AvgIpc) is 2.46. The van der Waals surface area contributed by atoms with Gasteiger partial charge in [-0.3, -0.25) is 0 Å². The fraction of sp³-hybridized carbons (Fsp3) is 0.471. The van der Waals surface area contributed by atoms with Crippen molar-refractivity contribution < 1.29 is 18.7 Å². The van der Waals surface area contributed by atoms with E-state index in [1.54, 1.807) is 24.3 Å². The minimum absolute atomic E-state index is 0.0777. The van der Waals surface area contributed by atoms with Crippen molar-refractivity contribution >= 4 is 5.97 Å². The summed E-state index contributed by atoms with van der Waals surface area (Å²) in [5.74, 6) is 0.0852. The molecule has 1 aromatic rings. The maximum atomic E-state index is 12.8. The SMILES string of the molecule is CC(CN)/C(=C\F)COc1ccc(C(=O)OC(C)(C)C)cc1. The molecule has 0 saturated carbocycles. The third-order valence-electron chi connectivity index (χ3n) is 3.02. The summed E-state index contributed by atoms with van der Waals surface area (Å²) in [6.07, 6.45) is 0.534. The van der Waals surface area contributed by atoms with E-state index in [-0.39, 0.29) is 18.5 Å². The number of esters is 1. The van der Waals surface area contributed by atoms with Crippen LogP contribution in [0.3, 0.4) is 0 Å². The molecule has 0 spiro atoms. The molecule has 0 amide bonds. The van der Waals surface area contributed by atoms with Gasteiger partial charge in [0.1, 0.15) is 18.0 Å². The molecule has 122 valence electrons. The van der Waals surface area contributed by atoms with Gasteiger partial charge in [-0.15, -0.1) is 0 Å². The maximum absolute atomic E-state index is 12.8. The Bertz CT molecular complexity index is 518. The lowest BCUT2D eigenvalue weighted by Gasteiger charge is -2.19. The molecule has 0 bridgehead atoms. The molecule has 1 rings (SSSR count). The van der Waals surface area contributed by atoms with Crippen molar-refractivity contribution in [2.75, 3.05) is 13.2 Å². The summed E-state index contributed by atoms with van der Waals surface area (Å²) in [5.41, 5.74) is 5.91. The van der Waals surface area contributed by atoms with Crippen LogP contribution in [0.5, 0.6) is 5.75 Å². The van der Waals surface area contributed by atoms with E-state index in [0.29, 0.717) is 29.8 Å². The molecule has 1 unspecified atom stereocenters. The van der Waals surface area contributed by atoms with Gasteiger partial charge in [-0.05, 0) is 63.1 Å². The van der Waals surface area contributed by atoms with Crippen molar-refractivity contribution in [1.29, 1.82) is 0 Å². The Kier molecular flexibility index (Phi) is 6.56. The third kappa shape index (κ3) is 5.85. The van der Waals surface area contributed by atoms with E-state index >= 15 is 0 Å². The van der Waals surface area contributed by atoms with Crippen LogP contribution in [-0.4, -0.2) is 24.7 Å². The summed E-state index contributed by atoms with van der Waals surface area (Å²) in [7, 11) is 0. The van der Waals surface area contributed by atoms with E-state index in [4.69, 9.17) is 15.2 Å². The van der Waals surface area contributed by atoms with Gasteiger partial charge < -0.3 is 15.2 Å². The normalized spacial score (nSPS) is 13.6. The molecule has 1 aromatic carbocycles. The summed E-state index contributed by atoms with van der Waals surface area (Å²) in [6, 6.07) is 6.55. The molecule has 2 N–H and O–H groups in total. The third-order valence-corrected chi connectivity index (χ3v) is 3.02. The van der Waals surface area contributed by atoms with Gasteiger partial charge in [-0.2, -0.15) is 0 Å². The molecule has 1 atom stereocenters. The molecule has 0 aromatic heterocycles. The minimum atomic E-state index is -0.536. The van der Waals surface area contributed by atoms with E-state index in [1.807, 2.05) is 27.7 Å². The molecular weight excluding hydrogens is 285 g/mol. The van der Waals surface area contributed by atoms with E-state index in [9.17, 15) is 9.18 Å². The van der Waals surface area contributed by atoms with Crippen LogP contribution in [0.15, 0.2) is 36.2 Å². The number of carbonyl (C=O) groups is 1. The van der Waals surface area contributed by atoms with Gasteiger partial charge in [-0.1, -0.05) is 6.92 Å². The second kappa shape index (κ2) is 7.94. The largest absolute Gasteiger partial charge is 0.489 e. The number of rotatable bonds is 6. The summed E-state index contributed by atoms with van der Waals surface area (Å²) in [4.78, 5) is 11.9. The Labute approximate surface area is 131 Å². The van der Waals surface area contributed by atoms with Crippen LogP contribution in [0.2, 0.25) is 0 Å². The standard InChI is InChI=1S/C17H24FNO3/c1-12(10-19)14(9-18)11-21-15-7-5-13(6-8-15)16(20)22-17(2,3)4/h5-9,12H,10-11,19H2,1-4H3/b14-9-. The Morgan fingerprint density at radius 1 is 1.32 bits per heavy atom. The zero-order valence-corrected chi connectivity index (χ0v) is 13.6. The predicted octanol–water partition coefficient (Wildman–Crippen LogP) is 3.47. The molecule has 0 saturated heterocycles. The first kappa shape index (κ1) is 18.2. The first-order valence-electron chi connectivity index (χ1n) is 7.22. The van der Waals surface area contributed by atoms with Crippen LogP contribution >= 0.6 is 0 Å². The van der Waals surface area contributed by atoms with Gasteiger partial charge >= 0.3 is 5.97 Å². The monoisotopic (exact) mass is 309 g/mol. The average molecular weight is 309 g/mol. The van der Waals surface area contributed by atoms with Crippen LogP contribution in [0.1, 0.15) is 38.1 Å². The van der Waals surface area contributed by atoms with Gasteiger partial charge in [0.15, 0.2) is 0 Å². The van der Waals surface area contributed by atoms with Crippen molar-refractivity contribution in [2.45, 2.75) is 33.3 Å². The Hall–Kier alpha value is -1.88. The topological polar surface area (TPSA) is 61.5 Å². The molecular formula is C17H24FNO3. The van der Waals surface area contributed by atoms with Crippen molar-refractivity contribution in [1.82, 2.24) is 0 Å². The predicted molar refractivity (Wildman–Crippen MR) is 84.5 cm³/mol. The zero-order chi connectivity index (χ0) is 16.8. The zero-order valence-electron chi connectivity index (χ0n) is 13.6. The molecule has 22 heavy (non-hydrogen) atoms. The summed E-state index contributed by atoms with van der Waals surface area (Å²) < 4.78 is 23.5. The lowest BCUT2D eigenvalue weighted by Crippen LogP contribution is -2.23. The number of hydrogen-bond donors (Lipinski definition) is 1. The van der Waals surface area contributed by atoms with Gasteiger partial charge in [0, 0.05) is 0 Å². The fourth-order valence-electron chi connectivity index (χ4n) is 1.62. The minimum Gasteiger partial charge on any atom is -0.489 e. The summed E-state index contributed by atoms with van der Waals surface area (Å²) >= 11 is 0. The fourth-order valence-corrected chi connectivity index (χ4v) is 1.62. The van der Waals surface area contributed by atoms with Gasteiger partial charge in [0.2, 0.25) is 0 Å². The van der Waals surface area contributed by atoms with Crippen LogP contribution < -0.4 is 10.5 Å². The molecule has 0 fully saturated rings. The molecule has 0 heterocycles. The van der Waals surface area contributed by atoms with Crippen molar-refractivity contribution in [3.63, 3.8) is 0 Å². The van der Waals surface area contributed by atoms with Gasteiger partial charge in [-0.25, -0.2) is 9.18 Å². The first-order chi connectivity index (χ1) is 10.3.